The van der Waals surface area contributed by atoms with Gasteiger partial charge in [0.25, 0.3) is 0 Å². The van der Waals surface area contributed by atoms with Gasteiger partial charge in [0, 0.05) is 143 Å². The number of aliphatic hydroxyl groups is 2. The number of alkyl halides is 3. The van der Waals surface area contributed by atoms with Crippen LogP contribution in [0.15, 0.2) is 228 Å². The van der Waals surface area contributed by atoms with Crippen molar-refractivity contribution >= 4 is 54.1 Å². The molecule has 13 nitrogen and oxygen atoms in total. The molecule has 0 bridgehead atoms. The number of halogens is 3. The third-order valence-electron chi connectivity index (χ3n) is 14.1. The van der Waals surface area contributed by atoms with Crippen molar-refractivity contribution in [3.63, 3.8) is 0 Å². The van der Waals surface area contributed by atoms with Gasteiger partial charge in [0.05, 0.1) is 11.3 Å². The second-order valence-electron chi connectivity index (χ2n) is 20.6. The first kappa shape index (κ1) is 52.7. The van der Waals surface area contributed by atoms with E-state index in [1.54, 1.807) is 91.0 Å². The molecule has 0 aliphatic heterocycles. The molecule has 14 aromatic rings. The van der Waals surface area contributed by atoms with E-state index in [-0.39, 0.29) is 85.0 Å². The van der Waals surface area contributed by atoms with E-state index in [1.165, 1.54) is 49.2 Å². The predicted molar refractivity (Wildman–Crippen MR) is 384 cm³/mol. The van der Waals surface area contributed by atoms with Crippen LogP contribution in [-0.2, 0) is 50.3 Å². The SMILES string of the molecule is CO.CO.O=S(=O)(O)C(F)(F)F.[2H]C([2H])([2H])c1ccc(-c2[c-]ccc3c2oc2cc(C([2H])([2H])[2H])ccc23)nc1.[2H]C([2H])([2H])c1ccc(-c2[c-]cccc2)nc1.[2H]C([2H])([2H])c1ccc(-c2[c-]cccc2)nc1.[2H]C([2H])([2H])c1ccc(-c2[c-]cccc2)nc1.[2H]C([2H])([2H])c1ccc2c(n1)oc1c(-c3cc(C4([2H])CCCC4)c(C([2H])([2H])[2H])cn3)cccc12.[Ir].[Ir]. The fourth-order valence-corrected chi connectivity index (χ4v) is 9.64. The Balaban J connectivity index is 0.000000234. The first-order chi connectivity index (χ1) is 56.1. The average Bonchev–Trinajstić information content (AvgIpc) is 1.56. The normalized spacial score (nSPS) is 15.9. The van der Waals surface area contributed by atoms with Crippen molar-refractivity contribution in [2.75, 3.05) is 14.2 Å². The summed E-state index contributed by atoms with van der Waals surface area (Å²) in [7, 11) is -3.84. The Morgan fingerprint density at radius 2 is 0.960 bits per heavy atom. The maximum atomic E-state index is 10.7. The van der Waals surface area contributed by atoms with Gasteiger partial charge in [-0.1, -0.05) is 96.6 Å². The van der Waals surface area contributed by atoms with Crippen LogP contribution in [-0.4, -0.2) is 72.8 Å². The summed E-state index contributed by atoms with van der Waals surface area (Å²) in [5.41, 5.74) is 4.92. The number of benzene rings is 6. The van der Waals surface area contributed by atoms with Gasteiger partial charge in [-0.05, 0) is 159 Å². The topological polar surface area (TPSA) is 198 Å². The number of aliphatic hydroxyl groups excluding tert-OH is 2. The molecule has 3 N–H and O–H groups in total. The fourth-order valence-electron chi connectivity index (χ4n) is 9.64. The van der Waals surface area contributed by atoms with Gasteiger partial charge in [0.15, 0.2) is 0 Å². The molecular formula is C81H75F3Ir2N6O7S-4. The van der Waals surface area contributed by atoms with Crippen molar-refractivity contribution in [2.45, 2.75) is 85.0 Å². The molecule has 2 radical (unpaired) electrons. The molecule has 1 saturated carbocycles. The van der Waals surface area contributed by atoms with Gasteiger partial charge in [-0.15, -0.1) is 126 Å². The van der Waals surface area contributed by atoms with Gasteiger partial charge < -0.3 is 39.0 Å². The number of rotatable bonds is 6. The van der Waals surface area contributed by atoms with Gasteiger partial charge in [-0.25, -0.2) is 4.98 Å². The predicted octanol–water partition coefficient (Wildman–Crippen LogP) is 19.6. The van der Waals surface area contributed by atoms with Crippen LogP contribution in [0, 0.1) is 72.2 Å². The van der Waals surface area contributed by atoms with Crippen molar-refractivity contribution < 1.29 is 116 Å². The van der Waals surface area contributed by atoms with Gasteiger partial charge >= 0.3 is 15.6 Å². The van der Waals surface area contributed by atoms with Gasteiger partial charge in [-0.3, -0.25) is 9.54 Å². The number of pyridine rings is 6. The second kappa shape index (κ2) is 38.4. The summed E-state index contributed by atoms with van der Waals surface area (Å²) in [5.74, 6) is -0.959. The summed E-state index contributed by atoms with van der Waals surface area (Å²) < 4.78 is 235. The molecule has 0 spiro atoms. The molecule has 100 heavy (non-hydrogen) atoms. The Bertz CT molecular complexity index is 5610. The second-order valence-corrected chi connectivity index (χ2v) is 22.1. The minimum atomic E-state index is -5.84. The largest absolute Gasteiger partial charge is 0.522 e. The Morgan fingerprint density at radius 1 is 0.480 bits per heavy atom. The third-order valence-corrected chi connectivity index (χ3v) is 14.7. The number of fused-ring (bicyclic) bond motifs is 6. The van der Waals surface area contributed by atoms with Crippen LogP contribution in [0.2, 0.25) is 0 Å². The zero-order chi connectivity index (χ0) is 88.8. The number of hydrogen-bond acceptors (Lipinski definition) is 12. The molecule has 0 atom stereocenters. The summed E-state index contributed by atoms with van der Waals surface area (Å²) in [6.45, 7) is -15.4. The zero-order valence-corrected chi connectivity index (χ0v) is 58.6. The molecule has 0 unspecified atom stereocenters. The van der Waals surface area contributed by atoms with Crippen LogP contribution in [0.3, 0.4) is 0 Å². The van der Waals surface area contributed by atoms with E-state index >= 15 is 0 Å². The van der Waals surface area contributed by atoms with Gasteiger partial charge in [0.1, 0.15) is 11.2 Å². The van der Waals surface area contributed by atoms with Crippen molar-refractivity contribution in [3.8, 4) is 56.3 Å². The summed E-state index contributed by atoms with van der Waals surface area (Å²) in [6.07, 6.45) is 9.85. The smallest absolute Gasteiger partial charge is 0.501 e. The van der Waals surface area contributed by atoms with Crippen molar-refractivity contribution in [2.24, 2.45) is 0 Å². The van der Waals surface area contributed by atoms with Crippen LogP contribution < -0.4 is 0 Å². The zero-order valence-electron chi connectivity index (χ0n) is 75.0. The molecule has 1 aliphatic carbocycles. The molecule has 0 amide bonds. The number of furan rings is 2. The molecule has 520 valence electrons. The molecule has 0 saturated heterocycles. The molecule has 1 fully saturated rings. The summed E-state index contributed by atoms with van der Waals surface area (Å²) >= 11 is 0. The maximum absolute atomic E-state index is 10.7. The Kier molecular flexibility index (Phi) is 20.2. The number of aromatic nitrogens is 6. The molecule has 15 rings (SSSR count). The number of aryl methyl sites for hydroxylation is 7. The molecular weight excluding hydrogens is 1640 g/mol. The minimum Gasteiger partial charge on any atom is -0.501 e. The molecule has 8 aromatic heterocycles. The van der Waals surface area contributed by atoms with Crippen molar-refractivity contribution in [1.82, 2.24) is 29.9 Å². The summed E-state index contributed by atoms with van der Waals surface area (Å²) in [6, 6.07) is 66.4. The van der Waals surface area contributed by atoms with E-state index in [0.717, 1.165) is 77.0 Å². The number of para-hydroxylation sites is 1. The summed E-state index contributed by atoms with van der Waals surface area (Å²) in [5, 5.41) is 17.1. The third kappa shape index (κ3) is 21.6. The van der Waals surface area contributed by atoms with Crippen LogP contribution in [0.25, 0.3) is 100 Å². The van der Waals surface area contributed by atoms with Crippen LogP contribution >= 0.6 is 0 Å². The Hall–Kier alpha value is -9.26. The maximum Gasteiger partial charge on any atom is 0.522 e. The molecule has 8 heterocycles. The monoisotopic (exact) mass is 1740 g/mol. The molecule has 19 heteroatoms. The van der Waals surface area contributed by atoms with Crippen molar-refractivity contribution in [3.05, 3.63) is 288 Å². The fraction of sp³-hybridized carbons (Fsp3) is 0.185. The van der Waals surface area contributed by atoms with E-state index in [9.17, 15) is 13.2 Å². The molecule has 6 aromatic carbocycles. The van der Waals surface area contributed by atoms with Crippen LogP contribution in [0.5, 0.6) is 0 Å². The quantitative estimate of drug-likeness (QED) is 0.0808. The van der Waals surface area contributed by atoms with Crippen LogP contribution in [0.1, 0.15) is 106 Å². The number of nitrogens with zero attached hydrogens (tertiary/aromatic N) is 6. The average molecular weight is 1740 g/mol. The first-order valence-electron chi connectivity index (χ1n) is 40.5. The minimum absolute atomic E-state index is 0. The van der Waals surface area contributed by atoms with E-state index in [2.05, 4.69) is 54.2 Å². The summed E-state index contributed by atoms with van der Waals surface area (Å²) in [4.78, 5) is 25.3. The number of hydrogen-bond donors (Lipinski definition) is 3. The van der Waals surface area contributed by atoms with E-state index in [1.807, 2.05) is 78.9 Å². The van der Waals surface area contributed by atoms with E-state index in [0.29, 0.717) is 63.1 Å². The molecule has 1 aliphatic rings. The van der Waals surface area contributed by atoms with Gasteiger partial charge in [0.2, 0.25) is 5.71 Å². The van der Waals surface area contributed by atoms with E-state index < -0.39 is 69.5 Å². The Labute approximate surface area is 640 Å². The first-order valence-corrected chi connectivity index (χ1v) is 31.0. The van der Waals surface area contributed by atoms with Gasteiger partial charge in [-0.2, -0.15) is 21.6 Å². The van der Waals surface area contributed by atoms with E-state index in [4.69, 9.17) is 62.2 Å². The van der Waals surface area contributed by atoms with Crippen molar-refractivity contribution in [1.29, 1.82) is 0 Å². The standard InChI is InChI=1S/C23H22N2O.C19H14NO.3C12H10N.CHF3O3S.2CH4O.2Ir/c1-14-13-24-21(12-20(14)16-6-3-4-7-16)19-9-5-8-17-18-11-10-15(2)25-23(18)26-22(17)19;1-12-6-8-14-15-4-3-5-16(19(15)21-18(14)10-12)17-9-7-13(2)11-20-17;3*1-10-7-8-12(13-9-10)11-5-3-2-4-6-11;2-1(3,4)8(5,6)7;2*1-2;;/h5,8-13,16H,3-4,6-7H2,1-2H3;3-4,6-11H,1-2H3;3*2-5,7-9H,1H3;(H,5,6,7);2*2H,1H3;;/q;4*-1;;;;;/i1D3,2D3,16D;1D3,2D3;3*1D3;;;;;. The Morgan fingerprint density at radius 3 is 1.41 bits per heavy atom. The van der Waals surface area contributed by atoms with Crippen LogP contribution in [0.4, 0.5) is 13.2 Å².